The van der Waals surface area contributed by atoms with Crippen molar-refractivity contribution >= 4 is 39.3 Å². The van der Waals surface area contributed by atoms with E-state index < -0.39 is 12.1 Å². The van der Waals surface area contributed by atoms with E-state index in [1.807, 2.05) is 34.1 Å². The van der Waals surface area contributed by atoms with E-state index in [0.29, 0.717) is 50.8 Å². The van der Waals surface area contributed by atoms with Crippen molar-refractivity contribution in [1.82, 2.24) is 19.8 Å². The minimum Gasteiger partial charge on any atom is -0.354 e. The second-order valence-electron chi connectivity index (χ2n) is 14.0. The van der Waals surface area contributed by atoms with Crippen LogP contribution in [-0.2, 0) is 22.4 Å². The van der Waals surface area contributed by atoms with Crippen molar-refractivity contribution in [2.24, 2.45) is 17.4 Å². The molecule has 0 bridgehead atoms. The quantitative estimate of drug-likeness (QED) is 0.140. The summed E-state index contributed by atoms with van der Waals surface area (Å²) in [6, 6.07) is 28.9. The molecule has 1 fully saturated rings. The van der Waals surface area contributed by atoms with E-state index in [2.05, 4.69) is 89.8 Å². The predicted octanol–water partition coefficient (Wildman–Crippen LogP) is 5.57. The Kier molecular flexibility index (Phi) is 11.4. The second-order valence-corrected chi connectivity index (χ2v) is 14.0. The Morgan fingerprint density at radius 1 is 0.720 bits per heavy atom. The van der Waals surface area contributed by atoms with Crippen LogP contribution in [0.25, 0.3) is 21.5 Å². The second kappa shape index (κ2) is 16.2. The first-order valence-electron chi connectivity index (χ1n) is 17.8. The SMILES string of the molecule is CC(C)C[C@@H]1CN(C(=O)[C@H](N)Cc2ccc3ccccc3c2)C(CCCNc2ncccn2)CN1C(=O)[C@H](N)Cc1ccc2ccccc2c1. The molecule has 9 heteroatoms. The first-order valence-corrected chi connectivity index (χ1v) is 17.8. The van der Waals surface area contributed by atoms with Crippen LogP contribution in [0, 0.1) is 5.92 Å². The van der Waals surface area contributed by atoms with Crippen LogP contribution in [0.5, 0.6) is 0 Å². The summed E-state index contributed by atoms with van der Waals surface area (Å²) in [6.07, 6.45) is 6.49. The van der Waals surface area contributed by atoms with Gasteiger partial charge in [-0.05, 0) is 76.8 Å². The zero-order valence-electron chi connectivity index (χ0n) is 29.1. The molecule has 4 aromatic carbocycles. The predicted molar refractivity (Wildman–Crippen MR) is 201 cm³/mol. The number of carbonyl (C=O) groups is 2. The number of nitrogens with two attached hydrogens (primary N) is 2. The van der Waals surface area contributed by atoms with Crippen LogP contribution in [-0.4, -0.2) is 75.4 Å². The Labute approximate surface area is 295 Å². The monoisotopic (exact) mass is 671 g/mol. The van der Waals surface area contributed by atoms with Gasteiger partial charge in [0, 0.05) is 44.1 Å². The van der Waals surface area contributed by atoms with Crippen molar-refractivity contribution in [3.8, 4) is 0 Å². The molecular weight excluding hydrogens is 622 g/mol. The fraction of sp³-hybridized carbons (Fsp3) is 0.366. The summed E-state index contributed by atoms with van der Waals surface area (Å²) in [7, 11) is 0. The molecular formula is C41H49N7O2. The lowest BCUT2D eigenvalue weighted by molar-refractivity contribution is -0.149. The van der Waals surface area contributed by atoms with Gasteiger partial charge in [0.1, 0.15) is 0 Å². The number of fused-ring (bicyclic) bond motifs is 2. The lowest BCUT2D eigenvalue weighted by atomic mass is 9.93. The topological polar surface area (TPSA) is 130 Å². The van der Waals surface area contributed by atoms with Crippen LogP contribution in [0.2, 0.25) is 0 Å². The molecule has 9 nitrogen and oxygen atoms in total. The lowest BCUT2D eigenvalue weighted by Crippen LogP contribution is -2.65. The highest BCUT2D eigenvalue weighted by atomic mass is 16.2. The zero-order valence-corrected chi connectivity index (χ0v) is 29.1. The highest BCUT2D eigenvalue weighted by molar-refractivity contribution is 5.87. The maximum absolute atomic E-state index is 14.3. The number of benzene rings is 4. The maximum Gasteiger partial charge on any atom is 0.240 e. The van der Waals surface area contributed by atoms with E-state index in [-0.39, 0.29) is 23.9 Å². The van der Waals surface area contributed by atoms with E-state index in [1.165, 1.54) is 0 Å². The Hall–Kier alpha value is -4.86. The number of nitrogens with one attached hydrogen (secondary N) is 1. The highest BCUT2D eigenvalue weighted by Gasteiger charge is 2.40. The standard InChI is InChI=1S/C41H49N7O2/c1-28(2)21-36-27-47(39(49)37(42)24-29-14-16-31-9-3-5-11-33(31)22-29)35(13-7-18-44-41-45-19-8-20-46-41)26-48(36)40(50)38(43)25-30-15-17-32-10-4-6-12-34(32)23-30/h3-6,8-12,14-17,19-20,22-23,28,35-38H,7,13,18,21,24-27,42-43H2,1-2H3,(H,44,45,46)/t35?,36-,37-,38-/m1/s1. The van der Waals surface area contributed by atoms with Gasteiger partial charge < -0.3 is 26.6 Å². The summed E-state index contributed by atoms with van der Waals surface area (Å²) in [5, 5.41) is 7.84. The summed E-state index contributed by atoms with van der Waals surface area (Å²) < 4.78 is 0. The first-order chi connectivity index (χ1) is 24.2. The van der Waals surface area contributed by atoms with Crippen LogP contribution in [0.3, 0.4) is 0 Å². The number of piperazine rings is 1. The summed E-state index contributed by atoms with van der Waals surface area (Å²) in [5.74, 6) is 0.734. The van der Waals surface area contributed by atoms with Crippen molar-refractivity contribution in [2.75, 3.05) is 25.0 Å². The number of hydrogen-bond donors (Lipinski definition) is 3. The maximum atomic E-state index is 14.3. The Morgan fingerprint density at radius 3 is 1.76 bits per heavy atom. The third-order valence-electron chi connectivity index (χ3n) is 9.74. The van der Waals surface area contributed by atoms with Gasteiger partial charge in [-0.2, -0.15) is 0 Å². The summed E-state index contributed by atoms with van der Waals surface area (Å²) in [4.78, 5) is 40.9. The lowest BCUT2D eigenvalue weighted by Gasteiger charge is -2.48. The molecule has 1 aliphatic rings. The first kappa shape index (κ1) is 35.0. The Bertz CT molecular complexity index is 1900. The molecule has 1 saturated heterocycles. The average molecular weight is 672 g/mol. The summed E-state index contributed by atoms with van der Waals surface area (Å²) in [6.45, 7) is 5.78. The number of anilines is 1. The van der Waals surface area contributed by atoms with Gasteiger partial charge in [0.05, 0.1) is 12.1 Å². The van der Waals surface area contributed by atoms with Gasteiger partial charge >= 0.3 is 0 Å². The molecule has 0 aliphatic carbocycles. The number of hydrogen-bond acceptors (Lipinski definition) is 7. The number of carbonyl (C=O) groups excluding carboxylic acids is 2. The Morgan fingerprint density at radius 2 is 1.22 bits per heavy atom. The van der Waals surface area contributed by atoms with E-state index in [4.69, 9.17) is 11.5 Å². The van der Waals surface area contributed by atoms with Gasteiger partial charge in [-0.3, -0.25) is 9.59 Å². The molecule has 1 aliphatic heterocycles. The minimum absolute atomic E-state index is 0.0721. The molecule has 5 aromatic rings. The minimum atomic E-state index is -0.702. The number of rotatable bonds is 13. The molecule has 0 spiro atoms. The number of amides is 2. The number of aromatic nitrogens is 2. The summed E-state index contributed by atoms with van der Waals surface area (Å²) in [5.41, 5.74) is 15.5. The van der Waals surface area contributed by atoms with Gasteiger partial charge in [0.2, 0.25) is 17.8 Å². The molecule has 6 rings (SSSR count). The van der Waals surface area contributed by atoms with Crippen LogP contribution in [0.1, 0.15) is 44.2 Å². The molecule has 2 heterocycles. The molecule has 260 valence electrons. The molecule has 5 N–H and O–H groups in total. The molecule has 50 heavy (non-hydrogen) atoms. The van der Waals surface area contributed by atoms with Gasteiger partial charge in [0.25, 0.3) is 0 Å². The third kappa shape index (κ3) is 8.64. The van der Waals surface area contributed by atoms with Crippen molar-refractivity contribution in [1.29, 1.82) is 0 Å². The van der Waals surface area contributed by atoms with E-state index in [0.717, 1.165) is 45.5 Å². The van der Waals surface area contributed by atoms with Gasteiger partial charge in [0.15, 0.2) is 0 Å². The molecule has 0 saturated carbocycles. The zero-order chi connectivity index (χ0) is 35.0. The van der Waals surface area contributed by atoms with E-state index in [1.54, 1.807) is 18.5 Å². The van der Waals surface area contributed by atoms with Crippen molar-refractivity contribution in [3.63, 3.8) is 0 Å². The van der Waals surface area contributed by atoms with Crippen molar-refractivity contribution < 1.29 is 9.59 Å². The van der Waals surface area contributed by atoms with E-state index >= 15 is 0 Å². The fourth-order valence-electron chi connectivity index (χ4n) is 7.25. The van der Waals surface area contributed by atoms with Crippen LogP contribution < -0.4 is 16.8 Å². The van der Waals surface area contributed by atoms with Gasteiger partial charge in [-0.1, -0.05) is 98.8 Å². The van der Waals surface area contributed by atoms with Crippen LogP contribution in [0.4, 0.5) is 5.95 Å². The average Bonchev–Trinajstić information content (AvgIpc) is 3.13. The molecule has 2 amide bonds. The summed E-state index contributed by atoms with van der Waals surface area (Å²) >= 11 is 0. The highest BCUT2D eigenvalue weighted by Crippen LogP contribution is 2.26. The molecule has 1 unspecified atom stereocenters. The molecule has 1 aromatic heterocycles. The normalized spacial score (nSPS) is 17.6. The molecule has 0 radical (unpaired) electrons. The Balaban J connectivity index is 1.20. The van der Waals surface area contributed by atoms with Crippen molar-refractivity contribution in [3.05, 3.63) is 115 Å². The van der Waals surface area contributed by atoms with Crippen LogP contribution in [0.15, 0.2) is 103 Å². The number of nitrogens with zero attached hydrogens (tertiary/aromatic N) is 4. The van der Waals surface area contributed by atoms with E-state index in [9.17, 15) is 9.59 Å². The molecule has 4 atom stereocenters. The third-order valence-corrected chi connectivity index (χ3v) is 9.74. The smallest absolute Gasteiger partial charge is 0.240 e. The van der Waals surface area contributed by atoms with Gasteiger partial charge in [-0.25, -0.2) is 9.97 Å². The van der Waals surface area contributed by atoms with Crippen LogP contribution >= 0.6 is 0 Å². The largest absolute Gasteiger partial charge is 0.354 e. The van der Waals surface area contributed by atoms with Gasteiger partial charge in [-0.15, -0.1) is 0 Å². The fourth-order valence-corrected chi connectivity index (χ4v) is 7.25. The van der Waals surface area contributed by atoms with Crippen molar-refractivity contribution in [2.45, 2.75) is 70.1 Å².